The molecule has 0 fully saturated rings. The Kier molecular flexibility index (Phi) is 10.7. The predicted molar refractivity (Wildman–Crippen MR) is 91.7 cm³/mol. The van der Waals surface area contributed by atoms with Gasteiger partial charge in [0.15, 0.2) is 5.16 Å². The number of hydrogen-bond acceptors (Lipinski definition) is 3. The third-order valence-electron chi connectivity index (χ3n) is 3.93. The maximum Gasteiger partial charge on any atom is 0.167 e. The van der Waals surface area contributed by atoms with Crippen molar-refractivity contribution in [3.05, 3.63) is 11.9 Å². The Morgan fingerprint density at radius 1 is 1.00 bits per heavy atom. The molecule has 3 nitrogen and oxygen atoms in total. The number of imidazole rings is 1. The zero-order chi connectivity index (χ0) is 15.3. The van der Waals surface area contributed by atoms with Crippen LogP contribution in [0.2, 0.25) is 0 Å². The fraction of sp³-hybridized carbons (Fsp3) is 0.824. The molecule has 0 radical (unpaired) electrons. The fourth-order valence-electron chi connectivity index (χ4n) is 2.46. The van der Waals surface area contributed by atoms with Crippen LogP contribution >= 0.6 is 11.8 Å². The number of aromatic nitrogens is 2. The molecule has 122 valence electrons. The lowest BCUT2D eigenvalue weighted by atomic mass is 10.1. The number of aliphatic hydroxyl groups is 1. The second kappa shape index (κ2) is 12.1. The van der Waals surface area contributed by atoms with Crippen molar-refractivity contribution in [3.63, 3.8) is 0 Å². The van der Waals surface area contributed by atoms with Gasteiger partial charge in [-0.15, -0.1) is 0 Å². The predicted octanol–water partition coefficient (Wildman–Crippen LogP) is 4.93. The van der Waals surface area contributed by atoms with Gasteiger partial charge in [0.05, 0.1) is 18.5 Å². The van der Waals surface area contributed by atoms with Gasteiger partial charge in [-0.1, -0.05) is 76.5 Å². The summed E-state index contributed by atoms with van der Waals surface area (Å²) in [4.78, 5) is 4.34. The van der Waals surface area contributed by atoms with Crippen LogP contribution in [0.25, 0.3) is 0 Å². The van der Waals surface area contributed by atoms with Crippen molar-refractivity contribution in [1.82, 2.24) is 9.55 Å². The summed E-state index contributed by atoms with van der Waals surface area (Å²) in [6.07, 6.45) is 15.6. The first-order valence-corrected chi connectivity index (χ1v) is 9.52. The van der Waals surface area contributed by atoms with E-state index in [-0.39, 0.29) is 6.61 Å². The van der Waals surface area contributed by atoms with Gasteiger partial charge in [-0.3, -0.25) is 0 Å². The number of unbranched alkanes of at least 4 members (excludes halogenated alkanes) is 9. The molecule has 0 saturated heterocycles. The first-order chi connectivity index (χ1) is 10.3. The van der Waals surface area contributed by atoms with E-state index in [1.54, 1.807) is 18.0 Å². The molecular weight excluding hydrogens is 280 g/mol. The Bertz CT molecular complexity index is 366. The molecule has 0 atom stereocenters. The van der Waals surface area contributed by atoms with Crippen molar-refractivity contribution in [1.29, 1.82) is 0 Å². The van der Waals surface area contributed by atoms with Crippen LogP contribution in [0.15, 0.2) is 11.4 Å². The lowest BCUT2D eigenvalue weighted by Gasteiger charge is -2.04. The zero-order valence-electron chi connectivity index (χ0n) is 13.8. The minimum Gasteiger partial charge on any atom is -0.390 e. The van der Waals surface area contributed by atoms with E-state index in [9.17, 15) is 0 Å². The van der Waals surface area contributed by atoms with Crippen molar-refractivity contribution >= 4 is 11.8 Å². The molecule has 4 heteroatoms. The van der Waals surface area contributed by atoms with E-state index >= 15 is 0 Å². The van der Waals surface area contributed by atoms with E-state index in [0.717, 1.165) is 16.6 Å². The van der Waals surface area contributed by atoms with E-state index in [0.29, 0.717) is 0 Å². The molecule has 1 rings (SSSR count). The third-order valence-corrected chi connectivity index (χ3v) is 5.06. The Labute approximate surface area is 134 Å². The number of thioether (sulfide) groups is 1. The van der Waals surface area contributed by atoms with Crippen LogP contribution in [0.1, 0.15) is 76.8 Å². The van der Waals surface area contributed by atoms with Gasteiger partial charge < -0.3 is 9.67 Å². The Balaban J connectivity index is 1.91. The van der Waals surface area contributed by atoms with Crippen LogP contribution in [0, 0.1) is 0 Å². The molecule has 0 spiro atoms. The number of rotatable bonds is 13. The first-order valence-electron chi connectivity index (χ1n) is 8.53. The van der Waals surface area contributed by atoms with Gasteiger partial charge in [0.2, 0.25) is 0 Å². The van der Waals surface area contributed by atoms with Gasteiger partial charge in [-0.2, -0.15) is 0 Å². The summed E-state index contributed by atoms with van der Waals surface area (Å²) in [5.74, 6) is 1.13. The van der Waals surface area contributed by atoms with E-state index in [2.05, 4.69) is 11.9 Å². The summed E-state index contributed by atoms with van der Waals surface area (Å²) >= 11 is 1.80. The highest BCUT2D eigenvalue weighted by Crippen LogP contribution is 2.19. The van der Waals surface area contributed by atoms with Crippen LogP contribution in [0.5, 0.6) is 0 Å². The summed E-state index contributed by atoms with van der Waals surface area (Å²) in [6.45, 7) is 2.34. The van der Waals surface area contributed by atoms with E-state index in [1.807, 2.05) is 11.6 Å². The van der Waals surface area contributed by atoms with Crippen molar-refractivity contribution in [2.75, 3.05) is 5.75 Å². The van der Waals surface area contributed by atoms with Crippen molar-refractivity contribution in [2.45, 2.75) is 82.9 Å². The number of nitrogens with zero attached hydrogens (tertiary/aromatic N) is 2. The maximum absolute atomic E-state index is 9.12. The second-order valence-corrected chi connectivity index (χ2v) is 6.84. The molecule has 0 bridgehead atoms. The highest BCUT2D eigenvalue weighted by Gasteiger charge is 2.05. The fourth-order valence-corrected chi connectivity index (χ4v) is 3.43. The summed E-state index contributed by atoms with van der Waals surface area (Å²) in [5.41, 5.74) is 0.889. The largest absolute Gasteiger partial charge is 0.390 e. The normalized spacial score (nSPS) is 11.2. The molecule has 0 aliphatic heterocycles. The summed E-state index contributed by atoms with van der Waals surface area (Å²) in [7, 11) is 1.97. The Morgan fingerprint density at radius 2 is 1.57 bits per heavy atom. The Morgan fingerprint density at radius 3 is 2.10 bits per heavy atom. The van der Waals surface area contributed by atoms with Gasteiger partial charge in [0.25, 0.3) is 0 Å². The molecule has 1 aromatic heterocycles. The van der Waals surface area contributed by atoms with Gasteiger partial charge in [0, 0.05) is 12.8 Å². The van der Waals surface area contributed by atoms with Crippen LogP contribution in [0.4, 0.5) is 0 Å². The molecule has 0 amide bonds. The van der Waals surface area contributed by atoms with Crippen LogP contribution in [-0.4, -0.2) is 20.4 Å². The van der Waals surface area contributed by atoms with Crippen LogP contribution in [-0.2, 0) is 13.7 Å². The minimum atomic E-state index is 0.0717. The second-order valence-electron chi connectivity index (χ2n) is 5.78. The smallest absolute Gasteiger partial charge is 0.167 e. The lowest BCUT2D eigenvalue weighted by Crippen LogP contribution is -1.97. The molecule has 0 aliphatic rings. The molecule has 0 aromatic carbocycles. The average molecular weight is 313 g/mol. The molecule has 0 aliphatic carbocycles. The lowest BCUT2D eigenvalue weighted by molar-refractivity contribution is 0.271. The number of hydrogen-bond donors (Lipinski definition) is 1. The molecule has 21 heavy (non-hydrogen) atoms. The SMILES string of the molecule is CCCCCCCCCCCCSc1ncc(CO)n1C. The van der Waals surface area contributed by atoms with E-state index < -0.39 is 0 Å². The van der Waals surface area contributed by atoms with E-state index in [1.165, 1.54) is 64.2 Å². The Hall–Kier alpha value is -0.480. The molecule has 0 unspecified atom stereocenters. The quantitative estimate of drug-likeness (QED) is 0.415. The summed E-state index contributed by atoms with van der Waals surface area (Å²) < 4.78 is 1.99. The van der Waals surface area contributed by atoms with Gasteiger partial charge in [-0.25, -0.2) is 4.98 Å². The highest BCUT2D eigenvalue weighted by molar-refractivity contribution is 7.99. The molecule has 1 N–H and O–H groups in total. The van der Waals surface area contributed by atoms with E-state index in [4.69, 9.17) is 5.11 Å². The minimum absolute atomic E-state index is 0.0717. The number of aliphatic hydroxyl groups excluding tert-OH is 1. The first kappa shape index (κ1) is 18.6. The molecule has 1 aromatic rings. The van der Waals surface area contributed by atoms with Crippen LogP contribution < -0.4 is 0 Å². The molecule has 0 saturated carbocycles. The molecular formula is C17H32N2OS. The van der Waals surface area contributed by atoms with Gasteiger partial charge >= 0.3 is 0 Å². The summed E-state index contributed by atoms with van der Waals surface area (Å²) in [6, 6.07) is 0. The third kappa shape index (κ3) is 7.91. The standard InChI is InChI=1S/C17H32N2OS/c1-3-4-5-6-7-8-9-10-11-12-13-21-17-18-14-16(15-20)19(17)2/h14,20H,3-13,15H2,1-2H3. The zero-order valence-corrected chi connectivity index (χ0v) is 14.6. The van der Waals surface area contributed by atoms with Crippen molar-refractivity contribution < 1.29 is 5.11 Å². The highest BCUT2D eigenvalue weighted by atomic mass is 32.2. The maximum atomic E-state index is 9.12. The summed E-state index contributed by atoms with van der Waals surface area (Å²) in [5, 5.41) is 10.1. The van der Waals surface area contributed by atoms with Crippen LogP contribution in [0.3, 0.4) is 0 Å². The van der Waals surface area contributed by atoms with Gasteiger partial charge in [-0.05, 0) is 6.42 Å². The topological polar surface area (TPSA) is 38.1 Å². The monoisotopic (exact) mass is 312 g/mol. The average Bonchev–Trinajstić information content (AvgIpc) is 2.85. The van der Waals surface area contributed by atoms with Gasteiger partial charge in [0.1, 0.15) is 0 Å². The molecule has 1 heterocycles. The van der Waals surface area contributed by atoms with Crippen molar-refractivity contribution in [3.8, 4) is 0 Å². The van der Waals surface area contributed by atoms with Crippen molar-refractivity contribution in [2.24, 2.45) is 7.05 Å².